The minimum Gasteiger partial charge on any atom is -0.358 e. The van der Waals surface area contributed by atoms with Gasteiger partial charge in [-0.15, -0.1) is 0 Å². The highest BCUT2D eigenvalue weighted by molar-refractivity contribution is 6.08. The Hall–Kier alpha value is -3.60. The summed E-state index contributed by atoms with van der Waals surface area (Å²) in [6, 6.07) is 20.1. The molecule has 154 valence electrons. The fourth-order valence-corrected chi connectivity index (χ4v) is 4.61. The number of nitrogens with one attached hydrogen (secondary N) is 2. The van der Waals surface area contributed by atoms with E-state index in [9.17, 15) is 9.59 Å². The molecule has 0 saturated heterocycles. The first-order valence-electron chi connectivity index (χ1n) is 10.9. The zero-order valence-electron chi connectivity index (χ0n) is 17.2. The number of rotatable bonds is 3. The van der Waals surface area contributed by atoms with Gasteiger partial charge in [-0.1, -0.05) is 42.5 Å². The maximum atomic E-state index is 13.7. The highest BCUT2D eigenvalue weighted by Gasteiger charge is 2.31. The van der Waals surface area contributed by atoms with Gasteiger partial charge in [0, 0.05) is 47.6 Å². The monoisotopic (exact) mass is 409 g/mol. The first-order chi connectivity index (χ1) is 15.2. The summed E-state index contributed by atoms with van der Waals surface area (Å²) in [6.07, 6.45) is 2.66. The van der Waals surface area contributed by atoms with Gasteiger partial charge in [0.05, 0.1) is 11.3 Å². The second-order valence-corrected chi connectivity index (χ2v) is 8.61. The van der Waals surface area contributed by atoms with Crippen molar-refractivity contribution in [3.05, 3.63) is 77.5 Å². The van der Waals surface area contributed by atoms with Gasteiger partial charge < -0.3 is 15.2 Å². The Morgan fingerprint density at radius 3 is 2.52 bits per heavy atom. The van der Waals surface area contributed by atoms with Crippen molar-refractivity contribution in [2.45, 2.75) is 25.8 Å². The molecule has 3 aromatic carbocycles. The molecule has 6 rings (SSSR count). The van der Waals surface area contributed by atoms with Gasteiger partial charge in [-0.05, 0) is 41.8 Å². The lowest BCUT2D eigenvalue weighted by Gasteiger charge is -2.28. The van der Waals surface area contributed by atoms with Crippen LogP contribution in [-0.4, -0.2) is 28.2 Å². The Morgan fingerprint density at radius 1 is 0.968 bits per heavy atom. The second-order valence-electron chi connectivity index (χ2n) is 8.61. The number of hydrogen-bond acceptors (Lipinski definition) is 2. The number of hydrogen-bond donors (Lipinski definition) is 2. The number of anilines is 1. The van der Waals surface area contributed by atoms with Gasteiger partial charge >= 0.3 is 0 Å². The molecule has 2 amide bonds. The van der Waals surface area contributed by atoms with E-state index in [-0.39, 0.29) is 17.7 Å². The van der Waals surface area contributed by atoms with Gasteiger partial charge in [-0.3, -0.25) is 9.59 Å². The summed E-state index contributed by atoms with van der Waals surface area (Å²) in [6.45, 7) is 1.22. The van der Waals surface area contributed by atoms with Crippen molar-refractivity contribution in [3.63, 3.8) is 0 Å². The van der Waals surface area contributed by atoms with E-state index in [1.807, 2.05) is 53.4 Å². The SMILES string of the molecule is O=C(Nc1cc2ccccc2cc1C(=O)N1CCc2[nH]c3ccccc3c2C1)C1CC1. The van der Waals surface area contributed by atoms with Crippen LogP contribution in [0.3, 0.4) is 0 Å². The maximum absolute atomic E-state index is 13.7. The molecule has 2 heterocycles. The summed E-state index contributed by atoms with van der Waals surface area (Å²) in [5.74, 6) is 0.0628. The third kappa shape index (κ3) is 3.17. The predicted molar refractivity (Wildman–Crippen MR) is 122 cm³/mol. The summed E-state index contributed by atoms with van der Waals surface area (Å²) in [7, 11) is 0. The van der Waals surface area contributed by atoms with Crippen molar-refractivity contribution in [2.24, 2.45) is 5.92 Å². The summed E-state index contributed by atoms with van der Waals surface area (Å²) in [5, 5.41) is 6.23. The molecule has 0 bridgehead atoms. The molecule has 0 spiro atoms. The van der Waals surface area contributed by atoms with Crippen molar-refractivity contribution >= 4 is 39.2 Å². The maximum Gasteiger partial charge on any atom is 0.256 e. The molecule has 1 aromatic heterocycles. The van der Waals surface area contributed by atoms with Crippen LogP contribution in [0.5, 0.6) is 0 Å². The van der Waals surface area contributed by atoms with E-state index < -0.39 is 0 Å². The van der Waals surface area contributed by atoms with Crippen LogP contribution >= 0.6 is 0 Å². The Morgan fingerprint density at radius 2 is 1.71 bits per heavy atom. The lowest BCUT2D eigenvalue weighted by molar-refractivity contribution is -0.117. The fraction of sp³-hybridized carbons (Fsp3) is 0.231. The van der Waals surface area contributed by atoms with Gasteiger partial charge in [-0.25, -0.2) is 0 Å². The molecule has 0 unspecified atom stereocenters. The van der Waals surface area contributed by atoms with Crippen LogP contribution in [0.15, 0.2) is 60.7 Å². The standard InChI is InChI=1S/C26H23N3O2/c30-25(16-9-10-16)28-24-14-18-6-2-1-5-17(18)13-20(24)26(31)29-12-11-23-21(15-29)19-7-3-4-8-22(19)27-23/h1-8,13-14,16,27H,9-12,15H2,(H,28,30). The van der Waals surface area contributed by atoms with Crippen molar-refractivity contribution < 1.29 is 9.59 Å². The minimum absolute atomic E-state index is 0.0156. The Labute approximate surface area is 180 Å². The van der Waals surface area contributed by atoms with Crippen molar-refractivity contribution in [1.82, 2.24) is 9.88 Å². The Kier molecular flexibility index (Phi) is 4.10. The summed E-state index contributed by atoms with van der Waals surface area (Å²) < 4.78 is 0. The fourth-order valence-electron chi connectivity index (χ4n) is 4.61. The van der Waals surface area contributed by atoms with Crippen LogP contribution in [0.25, 0.3) is 21.7 Å². The zero-order valence-corrected chi connectivity index (χ0v) is 17.2. The van der Waals surface area contributed by atoms with Crippen LogP contribution in [0.1, 0.15) is 34.5 Å². The van der Waals surface area contributed by atoms with E-state index >= 15 is 0 Å². The minimum atomic E-state index is -0.0345. The number of carbonyl (C=O) groups excluding carboxylic acids is 2. The molecule has 31 heavy (non-hydrogen) atoms. The summed E-state index contributed by atoms with van der Waals surface area (Å²) in [5.41, 5.74) is 4.71. The number of para-hydroxylation sites is 1. The lowest BCUT2D eigenvalue weighted by Crippen LogP contribution is -2.36. The van der Waals surface area contributed by atoms with Crippen LogP contribution in [-0.2, 0) is 17.8 Å². The number of carbonyl (C=O) groups is 2. The first-order valence-corrected chi connectivity index (χ1v) is 10.9. The van der Waals surface area contributed by atoms with Crippen molar-refractivity contribution in [2.75, 3.05) is 11.9 Å². The van der Waals surface area contributed by atoms with E-state index in [1.54, 1.807) is 0 Å². The third-order valence-corrected chi connectivity index (χ3v) is 6.49. The first kappa shape index (κ1) is 18.2. The van der Waals surface area contributed by atoms with Crippen LogP contribution < -0.4 is 5.32 Å². The average molecular weight is 409 g/mol. The van der Waals surface area contributed by atoms with E-state index in [4.69, 9.17) is 0 Å². The molecule has 5 nitrogen and oxygen atoms in total. The molecular formula is C26H23N3O2. The van der Waals surface area contributed by atoms with Crippen LogP contribution in [0.4, 0.5) is 5.69 Å². The highest BCUT2D eigenvalue weighted by Crippen LogP contribution is 2.33. The van der Waals surface area contributed by atoms with Crippen molar-refractivity contribution in [1.29, 1.82) is 0 Å². The summed E-state index contributed by atoms with van der Waals surface area (Å²) in [4.78, 5) is 31.6. The van der Waals surface area contributed by atoms with Gasteiger partial charge in [0.15, 0.2) is 0 Å². The number of amides is 2. The number of nitrogens with zero attached hydrogens (tertiary/aromatic N) is 1. The lowest BCUT2D eigenvalue weighted by atomic mass is 10.0. The molecule has 1 fully saturated rings. The molecule has 1 aliphatic carbocycles. The normalized spacial score (nSPS) is 15.8. The van der Waals surface area contributed by atoms with E-state index in [0.717, 1.165) is 35.6 Å². The molecule has 0 radical (unpaired) electrons. The number of aromatic nitrogens is 1. The highest BCUT2D eigenvalue weighted by atomic mass is 16.2. The molecule has 5 heteroatoms. The molecule has 0 atom stereocenters. The largest absolute Gasteiger partial charge is 0.358 e. The van der Waals surface area contributed by atoms with Gasteiger partial charge in [0.25, 0.3) is 5.91 Å². The van der Waals surface area contributed by atoms with Crippen LogP contribution in [0, 0.1) is 5.92 Å². The average Bonchev–Trinajstić information content (AvgIpc) is 3.59. The van der Waals surface area contributed by atoms with E-state index in [2.05, 4.69) is 22.4 Å². The van der Waals surface area contributed by atoms with E-state index in [0.29, 0.717) is 24.3 Å². The van der Waals surface area contributed by atoms with Gasteiger partial charge in [0.2, 0.25) is 5.91 Å². The van der Waals surface area contributed by atoms with Gasteiger partial charge in [0.1, 0.15) is 0 Å². The summed E-state index contributed by atoms with van der Waals surface area (Å²) >= 11 is 0. The molecule has 1 saturated carbocycles. The number of aromatic amines is 1. The quantitative estimate of drug-likeness (QED) is 0.507. The predicted octanol–water partition coefficient (Wildman–Crippen LogP) is 4.87. The topological polar surface area (TPSA) is 65.2 Å². The van der Waals surface area contributed by atoms with Crippen molar-refractivity contribution in [3.8, 4) is 0 Å². The third-order valence-electron chi connectivity index (χ3n) is 6.49. The molecule has 1 aliphatic heterocycles. The van der Waals surface area contributed by atoms with Crippen LogP contribution in [0.2, 0.25) is 0 Å². The Balaban J connectivity index is 1.38. The number of H-pyrrole nitrogens is 1. The molecule has 2 N–H and O–H groups in total. The van der Waals surface area contributed by atoms with Gasteiger partial charge in [-0.2, -0.15) is 0 Å². The molecule has 4 aromatic rings. The number of benzene rings is 3. The van der Waals surface area contributed by atoms with E-state index in [1.165, 1.54) is 16.6 Å². The number of fused-ring (bicyclic) bond motifs is 4. The Bertz CT molecular complexity index is 1350. The molecular weight excluding hydrogens is 386 g/mol. The molecule has 2 aliphatic rings. The smallest absolute Gasteiger partial charge is 0.256 e. The second kappa shape index (κ2) is 6.98. The zero-order chi connectivity index (χ0) is 20.9.